The smallest absolute Gasteiger partial charge is 0.371 e. The van der Waals surface area contributed by atoms with Gasteiger partial charge in [-0.15, -0.1) is 0 Å². The summed E-state index contributed by atoms with van der Waals surface area (Å²) in [5.74, 6) is -1.11. The van der Waals surface area contributed by atoms with Crippen LogP contribution in [0.5, 0.6) is 0 Å². The molecule has 0 saturated heterocycles. The van der Waals surface area contributed by atoms with Gasteiger partial charge in [0.1, 0.15) is 5.58 Å². The highest BCUT2D eigenvalue weighted by atomic mass is 16.4. The van der Waals surface area contributed by atoms with Gasteiger partial charge in [-0.2, -0.15) is 0 Å². The number of nitrogens with one attached hydrogen (secondary N) is 1. The quantitative estimate of drug-likeness (QED) is 0.730. The molecule has 0 fully saturated rings. The number of hydrogen-bond acceptors (Lipinski definition) is 4. The van der Waals surface area contributed by atoms with Crippen LogP contribution in [0, 0.1) is 0 Å². The van der Waals surface area contributed by atoms with Gasteiger partial charge < -0.3 is 19.9 Å². The second-order valence-electron chi connectivity index (χ2n) is 5.53. The van der Waals surface area contributed by atoms with E-state index in [9.17, 15) is 4.79 Å². The zero-order valence-electron chi connectivity index (χ0n) is 12.3. The fourth-order valence-electron chi connectivity index (χ4n) is 2.26. The summed E-state index contributed by atoms with van der Waals surface area (Å²) in [5, 5.41) is 22.3. The van der Waals surface area contributed by atoms with E-state index in [0.29, 0.717) is 18.5 Å². The fourth-order valence-corrected chi connectivity index (χ4v) is 2.26. The maximum Gasteiger partial charge on any atom is 0.371 e. The maximum atomic E-state index is 10.9. The van der Waals surface area contributed by atoms with Crippen molar-refractivity contribution in [2.75, 3.05) is 6.61 Å². The third-order valence-corrected chi connectivity index (χ3v) is 3.95. The number of carboxylic acid groups (broad SMARTS) is 1. The molecule has 0 radical (unpaired) electrons. The van der Waals surface area contributed by atoms with Crippen LogP contribution in [0.1, 0.15) is 42.8 Å². The van der Waals surface area contributed by atoms with Crippen molar-refractivity contribution in [3.05, 3.63) is 35.6 Å². The van der Waals surface area contributed by atoms with Gasteiger partial charge in [-0.3, -0.25) is 0 Å². The lowest BCUT2D eigenvalue weighted by Gasteiger charge is -2.29. The first-order valence-corrected chi connectivity index (χ1v) is 7.09. The third kappa shape index (κ3) is 3.62. The van der Waals surface area contributed by atoms with Crippen LogP contribution in [0.15, 0.2) is 28.7 Å². The number of hydrogen-bond donors (Lipinski definition) is 3. The molecule has 0 spiro atoms. The number of benzene rings is 1. The molecule has 0 saturated carbocycles. The molecule has 0 bridgehead atoms. The second kappa shape index (κ2) is 6.28. The van der Waals surface area contributed by atoms with Gasteiger partial charge in [-0.1, -0.05) is 13.0 Å². The molecule has 0 aliphatic heterocycles. The van der Waals surface area contributed by atoms with Crippen LogP contribution in [-0.4, -0.2) is 28.3 Å². The molecule has 1 heterocycles. The number of aromatic carboxylic acids is 1. The molecule has 3 N–H and O–H groups in total. The molecule has 2 aromatic rings. The molecule has 0 aliphatic carbocycles. The van der Waals surface area contributed by atoms with E-state index in [4.69, 9.17) is 14.6 Å². The predicted octanol–water partition coefficient (Wildman–Crippen LogP) is 2.77. The Morgan fingerprint density at radius 3 is 2.76 bits per heavy atom. The Morgan fingerprint density at radius 2 is 2.14 bits per heavy atom. The van der Waals surface area contributed by atoms with Crippen molar-refractivity contribution < 1.29 is 19.4 Å². The number of aliphatic hydroxyl groups excluding tert-OH is 1. The Labute approximate surface area is 123 Å². The number of carboxylic acids is 1. The minimum Gasteiger partial charge on any atom is -0.475 e. The van der Waals surface area contributed by atoms with Gasteiger partial charge in [0.15, 0.2) is 0 Å². The molecule has 1 aromatic carbocycles. The van der Waals surface area contributed by atoms with Crippen LogP contribution in [0.25, 0.3) is 11.0 Å². The van der Waals surface area contributed by atoms with E-state index in [1.54, 1.807) is 6.07 Å². The molecule has 5 heteroatoms. The SMILES string of the molecule is CCC(C)(CCO)NCc1ccc2oc(C(=O)O)cc2c1. The number of rotatable bonds is 7. The summed E-state index contributed by atoms with van der Waals surface area (Å²) in [4.78, 5) is 10.9. The lowest BCUT2D eigenvalue weighted by molar-refractivity contribution is 0.0665. The minimum atomic E-state index is -1.06. The lowest BCUT2D eigenvalue weighted by Crippen LogP contribution is -2.42. The van der Waals surface area contributed by atoms with E-state index >= 15 is 0 Å². The molecule has 1 unspecified atom stereocenters. The average molecular weight is 291 g/mol. The van der Waals surface area contributed by atoms with E-state index < -0.39 is 5.97 Å². The maximum absolute atomic E-state index is 10.9. The summed E-state index contributed by atoms with van der Waals surface area (Å²) < 4.78 is 5.24. The highest BCUT2D eigenvalue weighted by Gasteiger charge is 2.20. The fraction of sp³-hybridized carbons (Fsp3) is 0.438. The third-order valence-electron chi connectivity index (χ3n) is 3.95. The van der Waals surface area contributed by atoms with Gasteiger partial charge in [0.25, 0.3) is 0 Å². The average Bonchev–Trinajstić information content (AvgIpc) is 2.89. The van der Waals surface area contributed by atoms with Crippen LogP contribution >= 0.6 is 0 Å². The Hall–Kier alpha value is -1.85. The number of aliphatic hydroxyl groups is 1. The van der Waals surface area contributed by atoms with Crippen LogP contribution in [-0.2, 0) is 6.54 Å². The molecule has 5 nitrogen and oxygen atoms in total. The predicted molar refractivity (Wildman–Crippen MR) is 80.4 cm³/mol. The van der Waals surface area contributed by atoms with Gasteiger partial charge >= 0.3 is 5.97 Å². The van der Waals surface area contributed by atoms with Gasteiger partial charge in [0, 0.05) is 24.1 Å². The summed E-state index contributed by atoms with van der Waals surface area (Å²) >= 11 is 0. The summed E-state index contributed by atoms with van der Waals surface area (Å²) in [6, 6.07) is 7.16. The van der Waals surface area contributed by atoms with Gasteiger partial charge in [0.2, 0.25) is 5.76 Å². The van der Waals surface area contributed by atoms with E-state index in [-0.39, 0.29) is 17.9 Å². The van der Waals surface area contributed by atoms with Gasteiger partial charge in [-0.05, 0) is 43.5 Å². The van der Waals surface area contributed by atoms with Gasteiger partial charge in [0.05, 0.1) is 0 Å². The monoisotopic (exact) mass is 291 g/mol. The van der Waals surface area contributed by atoms with Crippen LogP contribution in [0.4, 0.5) is 0 Å². The highest BCUT2D eigenvalue weighted by Crippen LogP contribution is 2.22. The van der Waals surface area contributed by atoms with E-state index in [0.717, 1.165) is 17.4 Å². The summed E-state index contributed by atoms with van der Waals surface area (Å²) in [6.07, 6.45) is 1.62. The van der Waals surface area contributed by atoms with Crippen molar-refractivity contribution in [3.63, 3.8) is 0 Å². The van der Waals surface area contributed by atoms with Crippen LogP contribution < -0.4 is 5.32 Å². The first-order valence-electron chi connectivity index (χ1n) is 7.09. The summed E-state index contributed by atoms with van der Waals surface area (Å²) in [5.41, 5.74) is 1.52. The number of furan rings is 1. The van der Waals surface area contributed by atoms with Crippen molar-refractivity contribution in [2.24, 2.45) is 0 Å². The topological polar surface area (TPSA) is 82.7 Å². The lowest BCUT2D eigenvalue weighted by atomic mass is 9.94. The van der Waals surface area contributed by atoms with Gasteiger partial charge in [-0.25, -0.2) is 4.79 Å². The van der Waals surface area contributed by atoms with E-state index in [1.165, 1.54) is 6.07 Å². The molecule has 1 aromatic heterocycles. The van der Waals surface area contributed by atoms with E-state index in [2.05, 4.69) is 19.2 Å². The zero-order chi connectivity index (χ0) is 15.5. The molecular formula is C16H21NO4. The Balaban J connectivity index is 2.14. The Bertz CT molecular complexity index is 634. The Morgan fingerprint density at radius 1 is 1.38 bits per heavy atom. The molecule has 0 aliphatic rings. The van der Waals surface area contributed by atoms with Crippen LogP contribution in [0.2, 0.25) is 0 Å². The molecule has 114 valence electrons. The second-order valence-corrected chi connectivity index (χ2v) is 5.53. The van der Waals surface area contributed by atoms with Crippen molar-refractivity contribution in [3.8, 4) is 0 Å². The van der Waals surface area contributed by atoms with Crippen LogP contribution in [0.3, 0.4) is 0 Å². The first-order chi connectivity index (χ1) is 9.97. The molecule has 0 amide bonds. The molecule has 2 rings (SSSR count). The number of carbonyl (C=O) groups is 1. The van der Waals surface area contributed by atoms with Crippen molar-refractivity contribution in [2.45, 2.75) is 38.8 Å². The highest BCUT2D eigenvalue weighted by molar-refractivity contribution is 5.91. The normalized spacial score (nSPS) is 14.2. The first kappa shape index (κ1) is 15.5. The summed E-state index contributed by atoms with van der Waals surface area (Å²) in [6.45, 7) is 4.98. The minimum absolute atomic E-state index is 0.0474. The standard InChI is InChI=1S/C16H21NO4/c1-3-16(2,6-7-18)17-10-11-4-5-13-12(8-11)9-14(21-13)15(19)20/h4-5,8-9,17-18H,3,6-7,10H2,1-2H3,(H,19,20). The van der Waals surface area contributed by atoms with E-state index in [1.807, 2.05) is 12.1 Å². The Kier molecular flexibility index (Phi) is 4.65. The molecule has 21 heavy (non-hydrogen) atoms. The zero-order valence-corrected chi connectivity index (χ0v) is 12.3. The molecular weight excluding hydrogens is 270 g/mol. The van der Waals surface area contributed by atoms with Crippen molar-refractivity contribution in [1.29, 1.82) is 0 Å². The molecule has 1 atom stereocenters. The van der Waals surface area contributed by atoms with Crippen molar-refractivity contribution in [1.82, 2.24) is 5.32 Å². The summed E-state index contributed by atoms with van der Waals surface area (Å²) in [7, 11) is 0. The van der Waals surface area contributed by atoms with Crippen molar-refractivity contribution >= 4 is 16.9 Å². The largest absolute Gasteiger partial charge is 0.475 e. The number of fused-ring (bicyclic) bond motifs is 1.